The Balaban J connectivity index is 2.45. The number of benzene rings is 1. The third-order valence-electron chi connectivity index (χ3n) is 3.13. The van der Waals surface area contributed by atoms with Crippen LogP contribution < -0.4 is 5.73 Å². The Bertz CT molecular complexity index is 626. The van der Waals surface area contributed by atoms with Crippen LogP contribution in [0.2, 0.25) is 5.02 Å². The van der Waals surface area contributed by atoms with E-state index in [1.54, 1.807) is 26.1 Å². The molecule has 4 nitrogen and oxygen atoms in total. The lowest BCUT2D eigenvalue weighted by Crippen LogP contribution is -2.37. The molecule has 0 fully saturated rings. The minimum absolute atomic E-state index is 0.0845. The fourth-order valence-corrected chi connectivity index (χ4v) is 3.11. The van der Waals surface area contributed by atoms with Crippen LogP contribution in [0.25, 0.3) is 10.1 Å². The van der Waals surface area contributed by atoms with E-state index >= 15 is 0 Å². The molecule has 0 bridgehead atoms. The summed E-state index contributed by atoms with van der Waals surface area (Å²) in [6, 6.07) is 5.11. The smallest absolute Gasteiger partial charge is 0.266 e. The Morgan fingerprint density at radius 1 is 1.58 bits per heavy atom. The number of hydrogen-bond acceptors (Lipinski definition) is 4. The van der Waals surface area contributed by atoms with Crippen LogP contribution in [0.1, 0.15) is 16.6 Å². The molecule has 1 aromatic heterocycles. The zero-order valence-corrected chi connectivity index (χ0v) is 12.3. The molecule has 0 radical (unpaired) electrons. The van der Waals surface area contributed by atoms with Crippen molar-refractivity contribution in [2.24, 2.45) is 0 Å². The first-order valence-electron chi connectivity index (χ1n) is 5.81. The van der Waals surface area contributed by atoms with Crippen LogP contribution in [0.5, 0.6) is 0 Å². The molecule has 19 heavy (non-hydrogen) atoms. The molecular formula is C13H15ClN2O2S. The van der Waals surface area contributed by atoms with E-state index in [1.165, 1.54) is 16.2 Å². The van der Waals surface area contributed by atoms with Gasteiger partial charge in [-0.2, -0.15) is 0 Å². The van der Waals surface area contributed by atoms with Crippen molar-refractivity contribution < 1.29 is 9.90 Å². The van der Waals surface area contributed by atoms with E-state index < -0.39 is 0 Å². The Kier molecular flexibility index (Phi) is 3.99. The molecule has 2 aromatic rings. The largest absolute Gasteiger partial charge is 0.397 e. The second-order valence-corrected chi connectivity index (χ2v) is 5.92. The normalized spacial score (nSPS) is 12.6. The first-order chi connectivity index (χ1) is 8.95. The highest BCUT2D eigenvalue weighted by Crippen LogP contribution is 2.35. The van der Waals surface area contributed by atoms with E-state index in [0.29, 0.717) is 15.6 Å². The van der Waals surface area contributed by atoms with Gasteiger partial charge in [-0.25, -0.2) is 0 Å². The van der Waals surface area contributed by atoms with Gasteiger partial charge in [-0.1, -0.05) is 11.6 Å². The molecule has 0 aliphatic carbocycles. The van der Waals surface area contributed by atoms with Gasteiger partial charge in [-0.3, -0.25) is 4.79 Å². The Morgan fingerprint density at radius 2 is 2.26 bits per heavy atom. The van der Waals surface area contributed by atoms with Crippen LogP contribution in [-0.2, 0) is 0 Å². The van der Waals surface area contributed by atoms with Gasteiger partial charge in [0.1, 0.15) is 4.88 Å². The van der Waals surface area contributed by atoms with Gasteiger partial charge in [0, 0.05) is 22.2 Å². The Morgan fingerprint density at radius 3 is 2.89 bits per heavy atom. The Labute approximate surface area is 120 Å². The van der Waals surface area contributed by atoms with Crippen molar-refractivity contribution in [3.8, 4) is 0 Å². The number of hydrogen-bond donors (Lipinski definition) is 2. The number of carbonyl (C=O) groups excluding carboxylic acids is 1. The lowest BCUT2D eigenvalue weighted by molar-refractivity contribution is 0.0688. The van der Waals surface area contributed by atoms with Crippen molar-refractivity contribution in [2.75, 3.05) is 19.4 Å². The predicted octanol–water partition coefficient (Wildman–Crippen LogP) is 2.59. The second-order valence-electron chi connectivity index (χ2n) is 4.43. The number of nitrogens with zero attached hydrogens (tertiary/aromatic N) is 1. The van der Waals surface area contributed by atoms with E-state index in [9.17, 15) is 4.79 Å². The quantitative estimate of drug-likeness (QED) is 0.915. The van der Waals surface area contributed by atoms with Gasteiger partial charge in [-0.15, -0.1) is 11.3 Å². The topological polar surface area (TPSA) is 66.6 Å². The molecule has 1 amide bonds. The van der Waals surface area contributed by atoms with E-state index in [4.69, 9.17) is 22.4 Å². The zero-order chi connectivity index (χ0) is 14.2. The van der Waals surface area contributed by atoms with Crippen LogP contribution in [0.15, 0.2) is 18.2 Å². The molecule has 0 aliphatic rings. The molecule has 102 valence electrons. The molecule has 0 aliphatic heterocycles. The van der Waals surface area contributed by atoms with Crippen LogP contribution in [0.4, 0.5) is 5.69 Å². The number of rotatable bonds is 3. The van der Waals surface area contributed by atoms with Crippen molar-refractivity contribution in [1.29, 1.82) is 0 Å². The van der Waals surface area contributed by atoms with Crippen LogP contribution in [-0.4, -0.2) is 35.6 Å². The summed E-state index contributed by atoms with van der Waals surface area (Å²) < 4.78 is 0.887. The molecule has 0 saturated heterocycles. The fraction of sp³-hybridized carbons (Fsp3) is 0.308. The summed E-state index contributed by atoms with van der Waals surface area (Å²) in [6.45, 7) is 1.69. The van der Waals surface area contributed by atoms with Gasteiger partial charge in [-0.05, 0) is 25.1 Å². The monoisotopic (exact) mass is 298 g/mol. The lowest BCUT2D eigenvalue weighted by atomic mass is 10.2. The average molecular weight is 299 g/mol. The number of likely N-dealkylation sites (N-methyl/N-ethyl adjacent to an activating group) is 1. The fourth-order valence-electron chi connectivity index (χ4n) is 1.73. The summed E-state index contributed by atoms with van der Waals surface area (Å²) in [7, 11) is 1.65. The lowest BCUT2D eigenvalue weighted by Gasteiger charge is -2.22. The highest BCUT2D eigenvalue weighted by Gasteiger charge is 2.22. The van der Waals surface area contributed by atoms with Crippen LogP contribution in [0.3, 0.4) is 0 Å². The van der Waals surface area contributed by atoms with Crippen molar-refractivity contribution >= 4 is 44.6 Å². The van der Waals surface area contributed by atoms with Gasteiger partial charge in [0.2, 0.25) is 0 Å². The minimum atomic E-state index is -0.249. The standard InChI is InChI=1S/C13H15ClN2O2S/c1-7(6-17)16(2)13(18)12-11(15)9-4-3-8(14)5-10(9)19-12/h3-5,7,17H,6,15H2,1-2H3. The number of halogens is 1. The summed E-state index contributed by atoms with van der Waals surface area (Å²) in [5, 5.41) is 10.6. The average Bonchev–Trinajstić information content (AvgIpc) is 2.72. The molecule has 1 aromatic carbocycles. The van der Waals surface area contributed by atoms with Crippen molar-refractivity contribution in [2.45, 2.75) is 13.0 Å². The molecule has 1 atom stereocenters. The molecule has 3 N–H and O–H groups in total. The zero-order valence-electron chi connectivity index (χ0n) is 10.7. The summed E-state index contributed by atoms with van der Waals surface area (Å²) in [5.74, 6) is -0.184. The highest BCUT2D eigenvalue weighted by atomic mass is 35.5. The number of carbonyl (C=O) groups is 1. The molecule has 2 rings (SSSR count). The van der Waals surface area contributed by atoms with Gasteiger partial charge in [0.25, 0.3) is 5.91 Å². The van der Waals surface area contributed by atoms with Crippen molar-refractivity contribution in [3.63, 3.8) is 0 Å². The van der Waals surface area contributed by atoms with Gasteiger partial charge >= 0.3 is 0 Å². The summed E-state index contributed by atoms with van der Waals surface area (Å²) in [5.41, 5.74) is 6.50. The number of fused-ring (bicyclic) bond motifs is 1. The number of nitrogens with two attached hydrogens (primary N) is 1. The number of nitrogen functional groups attached to an aromatic ring is 1. The number of aliphatic hydroxyl groups is 1. The maximum absolute atomic E-state index is 12.3. The molecular weight excluding hydrogens is 284 g/mol. The van der Waals surface area contributed by atoms with Crippen molar-refractivity contribution in [1.82, 2.24) is 4.90 Å². The third kappa shape index (κ3) is 2.54. The van der Waals surface area contributed by atoms with Gasteiger partial charge in [0.05, 0.1) is 18.3 Å². The minimum Gasteiger partial charge on any atom is -0.397 e. The first-order valence-corrected chi connectivity index (χ1v) is 7.00. The Hall–Kier alpha value is -1.30. The third-order valence-corrected chi connectivity index (χ3v) is 4.52. The molecule has 0 saturated carbocycles. The predicted molar refractivity (Wildman–Crippen MR) is 79.9 cm³/mol. The number of anilines is 1. The van der Waals surface area contributed by atoms with E-state index in [0.717, 1.165) is 10.1 Å². The maximum atomic E-state index is 12.3. The molecule has 0 spiro atoms. The SMILES string of the molecule is CC(CO)N(C)C(=O)c1sc2cc(Cl)ccc2c1N. The molecule has 1 heterocycles. The number of aliphatic hydroxyl groups excluding tert-OH is 1. The first kappa shape index (κ1) is 14.1. The van der Waals surface area contributed by atoms with Crippen LogP contribution in [0, 0.1) is 0 Å². The van der Waals surface area contributed by atoms with E-state index in [1.807, 2.05) is 6.07 Å². The maximum Gasteiger partial charge on any atom is 0.266 e. The van der Waals surface area contributed by atoms with E-state index in [2.05, 4.69) is 0 Å². The van der Waals surface area contributed by atoms with Crippen molar-refractivity contribution in [3.05, 3.63) is 28.1 Å². The second kappa shape index (κ2) is 5.36. The summed E-state index contributed by atoms with van der Waals surface area (Å²) >= 11 is 7.25. The summed E-state index contributed by atoms with van der Waals surface area (Å²) in [6.07, 6.45) is 0. The van der Waals surface area contributed by atoms with Crippen LogP contribution >= 0.6 is 22.9 Å². The summed E-state index contributed by atoms with van der Waals surface area (Å²) in [4.78, 5) is 14.3. The molecule has 6 heteroatoms. The van der Waals surface area contributed by atoms with Gasteiger partial charge in [0.15, 0.2) is 0 Å². The number of amides is 1. The number of thiophene rings is 1. The van der Waals surface area contributed by atoms with E-state index in [-0.39, 0.29) is 18.6 Å². The molecule has 1 unspecified atom stereocenters. The highest BCUT2D eigenvalue weighted by molar-refractivity contribution is 7.21. The van der Waals surface area contributed by atoms with Gasteiger partial charge < -0.3 is 15.7 Å².